The fraction of sp³-hybridized carbons (Fsp3) is 0.600. The summed E-state index contributed by atoms with van der Waals surface area (Å²) in [7, 11) is 0. The number of carboxylic acids is 1. The predicted molar refractivity (Wildman–Crippen MR) is 49.5 cm³/mol. The van der Waals surface area contributed by atoms with Crippen LogP contribution in [0.2, 0.25) is 0 Å². The van der Waals surface area contributed by atoms with E-state index in [0.717, 1.165) is 0 Å². The number of nitriles is 1. The second-order valence-corrected chi connectivity index (χ2v) is 3.38. The summed E-state index contributed by atoms with van der Waals surface area (Å²) in [5.74, 6) is -0.920. The first-order valence-corrected chi connectivity index (χ1v) is 4.53. The lowest BCUT2D eigenvalue weighted by Gasteiger charge is -2.34. The Morgan fingerprint density at radius 2 is 2.57 bits per heavy atom. The molecule has 0 radical (unpaired) electrons. The summed E-state index contributed by atoms with van der Waals surface area (Å²) in [6.45, 7) is 2.18. The van der Waals surface area contributed by atoms with Crippen molar-refractivity contribution in [2.45, 2.75) is 25.9 Å². The van der Waals surface area contributed by atoms with Crippen LogP contribution in [0.3, 0.4) is 0 Å². The van der Waals surface area contributed by atoms with Crippen molar-refractivity contribution in [3.63, 3.8) is 0 Å². The van der Waals surface area contributed by atoms with Crippen LogP contribution in [-0.4, -0.2) is 23.8 Å². The van der Waals surface area contributed by atoms with Crippen LogP contribution in [0.15, 0.2) is 12.2 Å². The molecule has 4 heteroatoms. The molecule has 0 saturated carbocycles. The number of aliphatic carboxylic acids is 1. The SMILES string of the molecule is CC1OCC=CC1(CCC#N)C(=O)O. The molecule has 0 aliphatic carbocycles. The first kappa shape index (κ1) is 10.7. The van der Waals surface area contributed by atoms with E-state index in [0.29, 0.717) is 13.0 Å². The van der Waals surface area contributed by atoms with E-state index in [4.69, 9.17) is 15.1 Å². The van der Waals surface area contributed by atoms with E-state index in [1.54, 1.807) is 19.1 Å². The molecule has 0 spiro atoms. The summed E-state index contributed by atoms with van der Waals surface area (Å²) in [4.78, 5) is 11.2. The lowest BCUT2D eigenvalue weighted by atomic mass is 9.77. The molecule has 14 heavy (non-hydrogen) atoms. The van der Waals surface area contributed by atoms with E-state index < -0.39 is 11.4 Å². The Hall–Kier alpha value is -1.34. The van der Waals surface area contributed by atoms with Gasteiger partial charge < -0.3 is 9.84 Å². The van der Waals surface area contributed by atoms with E-state index in [1.807, 2.05) is 6.07 Å². The van der Waals surface area contributed by atoms with Gasteiger partial charge in [-0.1, -0.05) is 12.2 Å². The molecule has 4 nitrogen and oxygen atoms in total. The Morgan fingerprint density at radius 3 is 3.07 bits per heavy atom. The van der Waals surface area contributed by atoms with Gasteiger partial charge >= 0.3 is 5.97 Å². The van der Waals surface area contributed by atoms with E-state index in [1.165, 1.54) is 0 Å². The topological polar surface area (TPSA) is 70.3 Å². The standard InChI is InChI=1S/C10H13NO3/c1-8-10(9(12)13,4-2-6-11)5-3-7-14-8/h3,5,8H,2,4,7H2,1H3,(H,12,13). The molecule has 0 aromatic heterocycles. The molecule has 1 N–H and O–H groups in total. The lowest BCUT2D eigenvalue weighted by molar-refractivity contribution is -0.155. The highest BCUT2D eigenvalue weighted by Crippen LogP contribution is 2.34. The number of nitrogens with zero attached hydrogens (tertiary/aromatic N) is 1. The van der Waals surface area contributed by atoms with Crippen molar-refractivity contribution in [1.29, 1.82) is 5.26 Å². The Labute approximate surface area is 82.8 Å². The predicted octanol–water partition coefficient (Wildman–Crippen LogP) is 1.34. The first-order valence-electron chi connectivity index (χ1n) is 4.53. The molecule has 76 valence electrons. The van der Waals surface area contributed by atoms with Crippen molar-refractivity contribution >= 4 is 5.97 Å². The van der Waals surface area contributed by atoms with Gasteiger partial charge in [0.2, 0.25) is 0 Å². The molecule has 0 aromatic carbocycles. The van der Waals surface area contributed by atoms with Crippen LogP contribution in [-0.2, 0) is 9.53 Å². The molecule has 0 fully saturated rings. The monoisotopic (exact) mass is 195 g/mol. The maximum absolute atomic E-state index is 11.2. The molecule has 0 amide bonds. The van der Waals surface area contributed by atoms with Gasteiger partial charge in [0.15, 0.2) is 0 Å². The number of hydrogen-bond acceptors (Lipinski definition) is 3. The zero-order valence-electron chi connectivity index (χ0n) is 8.06. The second kappa shape index (κ2) is 4.25. The summed E-state index contributed by atoms with van der Waals surface area (Å²) in [5, 5.41) is 17.6. The van der Waals surface area contributed by atoms with Gasteiger partial charge in [0, 0.05) is 6.42 Å². The minimum atomic E-state index is -1.02. The molecule has 0 saturated heterocycles. The normalized spacial score (nSPS) is 31.0. The van der Waals surface area contributed by atoms with Crippen LogP contribution in [0, 0.1) is 16.7 Å². The smallest absolute Gasteiger partial charge is 0.316 e. The molecule has 1 aliphatic rings. The van der Waals surface area contributed by atoms with Gasteiger partial charge in [-0.2, -0.15) is 5.26 Å². The van der Waals surface area contributed by atoms with E-state index in [9.17, 15) is 4.79 Å². The van der Waals surface area contributed by atoms with Crippen LogP contribution in [0.5, 0.6) is 0 Å². The Morgan fingerprint density at radius 1 is 1.86 bits per heavy atom. The quantitative estimate of drug-likeness (QED) is 0.690. The third-order valence-electron chi connectivity index (χ3n) is 2.63. The molecule has 1 aliphatic heterocycles. The van der Waals surface area contributed by atoms with Crippen molar-refractivity contribution in [1.82, 2.24) is 0 Å². The average molecular weight is 195 g/mol. The molecule has 1 rings (SSSR count). The largest absolute Gasteiger partial charge is 0.481 e. The van der Waals surface area contributed by atoms with Crippen molar-refractivity contribution < 1.29 is 14.6 Å². The number of carbonyl (C=O) groups is 1. The zero-order chi connectivity index (χ0) is 10.6. The highest BCUT2D eigenvalue weighted by atomic mass is 16.5. The molecule has 2 unspecified atom stereocenters. The second-order valence-electron chi connectivity index (χ2n) is 3.38. The van der Waals surface area contributed by atoms with Crippen LogP contribution < -0.4 is 0 Å². The Balaban J connectivity index is 2.90. The van der Waals surface area contributed by atoms with E-state index >= 15 is 0 Å². The molecule has 0 bridgehead atoms. The summed E-state index contributed by atoms with van der Waals surface area (Å²) in [6, 6.07) is 1.96. The van der Waals surface area contributed by atoms with Gasteiger partial charge in [-0.15, -0.1) is 0 Å². The number of carboxylic acid groups (broad SMARTS) is 1. The van der Waals surface area contributed by atoms with E-state index in [-0.39, 0.29) is 12.5 Å². The van der Waals surface area contributed by atoms with Gasteiger partial charge in [0.25, 0.3) is 0 Å². The first-order chi connectivity index (χ1) is 6.63. The third-order valence-corrected chi connectivity index (χ3v) is 2.63. The summed E-state index contributed by atoms with van der Waals surface area (Å²) in [5.41, 5.74) is -1.02. The summed E-state index contributed by atoms with van der Waals surface area (Å²) in [6.07, 6.45) is 3.51. The van der Waals surface area contributed by atoms with Gasteiger partial charge in [-0.05, 0) is 13.3 Å². The number of hydrogen-bond donors (Lipinski definition) is 1. The fourth-order valence-electron chi connectivity index (χ4n) is 1.64. The lowest BCUT2D eigenvalue weighted by Crippen LogP contribution is -2.43. The van der Waals surface area contributed by atoms with Crippen LogP contribution in [0.4, 0.5) is 0 Å². The Kier molecular flexibility index (Phi) is 3.26. The van der Waals surface area contributed by atoms with Crippen LogP contribution in [0.1, 0.15) is 19.8 Å². The van der Waals surface area contributed by atoms with Gasteiger partial charge in [-0.3, -0.25) is 4.79 Å². The molecular weight excluding hydrogens is 182 g/mol. The minimum absolute atomic E-state index is 0.227. The maximum atomic E-state index is 11.2. The molecule has 2 atom stereocenters. The molecule has 0 aromatic rings. The highest BCUT2D eigenvalue weighted by molar-refractivity contribution is 5.78. The zero-order valence-corrected chi connectivity index (χ0v) is 8.06. The third kappa shape index (κ3) is 1.78. The van der Waals surface area contributed by atoms with Gasteiger partial charge in [0.1, 0.15) is 5.41 Å². The number of ether oxygens (including phenoxy) is 1. The fourth-order valence-corrected chi connectivity index (χ4v) is 1.64. The van der Waals surface area contributed by atoms with Gasteiger partial charge in [0.05, 0.1) is 18.8 Å². The van der Waals surface area contributed by atoms with Crippen molar-refractivity contribution in [3.05, 3.63) is 12.2 Å². The van der Waals surface area contributed by atoms with Crippen molar-refractivity contribution in [2.75, 3.05) is 6.61 Å². The number of rotatable bonds is 3. The van der Waals surface area contributed by atoms with Gasteiger partial charge in [-0.25, -0.2) is 0 Å². The van der Waals surface area contributed by atoms with Crippen molar-refractivity contribution in [3.8, 4) is 6.07 Å². The molecule has 1 heterocycles. The van der Waals surface area contributed by atoms with Crippen LogP contribution in [0.25, 0.3) is 0 Å². The highest BCUT2D eigenvalue weighted by Gasteiger charge is 2.43. The molecular formula is C10H13NO3. The minimum Gasteiger partial charge on any atom is -0.481 e. The average Bonchev–Trinajstić information content (AvgIpc) is 2.16. The van der Waals surface area contributed by atoms with Crippen molar-refractivity contribution in [2.24, 2.45) is 5.41 Å². The Bertz CT molecular complexity index is 292. The van der Waals surface area contributed by atoms with E-state index in [2.05, 4.69) is 0 Å². The summed E-state index contributed by atoms with van der Waals surface area (Å²) >= 11 is 0. The van der Waals surface area contributed by atoms with Crippen LogP contribution >= 0.6 is 0 Å². The maximum Gasteiger partial charge on any atom is 0.316 e. The summed E-state index contributed by atoms with van der Waals surface area (Å²) < 4.78 is 5.28.